The predicted octanol–water partition coefficient (Wildman–Crippen LogP) is 3.86. The number of nitrogens with one attached hydrogen (secondary N) is 1. The first kappa shape index (κ1) is 19.5. The van der Waals surface area contributed by atoms with E-state index in [4.69, 9.17) is 20.1 Å². The third kappa shape index (κ3) is 3.12. The molecule has 34 heavy (non-hydrogen) atoms. The first-order chi connectivity index (χ1) is 16.6. The van der Waals surface area contributed by atoms with Crippen molar-refractivity contribution in [2.45, 2.75) is 38.6 Å². The Morgan fingerprint density at radius 1 is 1.09 bits per heavy atom. The van der Waals surface area contributed by atoms with Gasteiger partial charge < -0.3 is 14.8 Å². The molecule has 7 rings (SSSR count). The Kier molecular flexibility index (Phi) is 4.18. The second kappa shape index (κ2) is 7.28. The van der Waals surface area contributed by atoms with Crippen LogP contribution in [0.25, 0.3) is 27.8 Å². The summed E-state index contributed by atoms with van der Waals surface area (Å²) in [5, 5.41) is 12.3. The molecule has 1 saturated heterocycles. The summed E-state index contributed by atoms with van der Waals surface area (Å²) in [6, 6.07) is 4.90. The third-order valence-corrected chi connectivity index (χ3v) is 6.81. The standard InChI is InChI=1S/C24H26N10/c1-15-27-22-20(34(15)18-5-6-18)11-16(12-25-22)19-7-10-33-21(19)23(32-8-3-4-9-32)29-24(30-33)28-17-13-26-31(2)14-17/h7,10-14,18H,3-6,8-9H2,1-2H3,(H,28,30). The summed E-state index contributed by atoms with van der Waals surface area (Å²) >= 11 is 0. The number of aryl methyl sites for hydroxylation is 2. The van der Waals surface area contributed by atoms with Gasteiger partial charge in [0.2, 0.25) is 5.95 Å². The van der Waals surface area contributed by atoms with E-state index in [9.17, 15) is 0 Å². The molecule has 6 heterocycles. The van der Waals surface area contributed by atoms with Crippen LogP contribution in [0.1, 0.15) is 37.5 Å². The van der Waals surface area contributed by atoms with Crippen LogP contribution in [-0.2, 0) is 7.05 Å². The number of fused-ring (bicyclic) bond motifs is 2. The van der Waals surface area contributed by atoms with Crippen LogP contribution in [0.4, 0.5) is 17.5 Å². The number of hydrogen-bond acceptors (Lipinski definition) is 7. The molecule has 0 radical (unpaired) electrons. The molecule has 5 aromatic rings. The monoisotopic (exact) mass is 454 g/mol. The zero-order chi connectivity index (χ0) is 22.8. The second-order valence-corrected chi connectivity index (χ2v) is 9.33. The molecular weight excluding hydrogens is 428 g/mol. The van der Waals surface area contributed by atoms with Crippen LogP contribution >= 0.6 is 0 Å². The van der Waals surface area contributed by atoms with E-state index in [1.165, 1.54) is 25.7 Å². The fourth-order valence-corrected chi connectivity index (χ4v) is 5.09. The summed E-state index contributed by atoms with van der Waals surface area (Å²) in [4.78, 5) is 16.7. The molecule has 1 aliphatic carbocycles. The number of pyridine rings is 1. The average Bonchev–Trinajstić information content (AvgIpc) is 3.21. The van der Waals surface area contributed by atoms with E-state index in [-0.39, 0.29) is 0 Å². The van der Waals surface area contributed by atoms with Crippen molar-refractivity contribution in [1.29, 1.82) is 0 Å². The number of aromatic nitrogens is 8. The Labute approximate surface area is 196 Å². The van der Waals surface area contributed by atoms with Crippen LogP contribution in [0.3, 0.4) is 0 Å². The van der Waals surface area contributed by atoms with Crippen molar-refractivity contribution >= 4 is 34.1 Å². The summed E-state index contributed by atoms with van der Waals surface area (Å²) in [6.45, 7) is 4.06. The maximum atomic E-state index is 4.98. The van der Waals surface area contributed by atoms with E-state index in [1.54, 1.807) is 10.9 Å². The molecule has 2 aliphatic rings. The lowest BCUT2D eigenvalue weighted by Gasteiger charge is -2.19. The Morgan fingerprint density at radius 2 is 1.94 bits per heavy atom. The van der Waals surface area contributed by atoms with Crippen LogP contribution in [0.2, 0.25) is 0 Å². The van der Waals surface area contributed by atoms with Crippen LogP contribution < -0.4 is 10.2 Å². The highest BCUT2D eigenvalue weighted by Crippen LogP contribution is 2.40. The molecule has 1 saturated carbocycles. The third-order valence-electron chi connectivity index (χ3n) is 6.81. The maximum absolute atomic E-state index is 4.98. The van der Waals surface area contributed by atoms with Crippen molar-refractivity contribution in [2.75, 3.05) is 23.3 Å². The number of rotatable bonds is 5. The zero-order valence-corrected chi connectivity index (χ0v) is 19.3. The lowest BCUT2D eigenvalue weighted by Crippen LogP contribution is -2.21. The van der Waals surface area contributed by atoms with Crippen LogP contribution in [0.15, 0.2) is 36.9 Å². The molecule has 10 nitrogen and oxygen atoms in total. The summed E-state index contributed by atoms with van der Waals surface area (Å²) in [5.41, 5.74) is 5.94. The number of hydrogen-bond donors (Lipinski definition) is 1. The molecule has 0 amide bonds. The summed E-state index contributed by atoms with van der Waals surface area (Å²) in [6.07, 6.45) is 12.4. The summed E-state index contributed by atoms with van der Waals surface area (Å²) in [7, 11) is 1.89. The molecule has 0 atom stereocenters. The SMILES string of the molecule is Cc1nc2ncc(-c3ccn4nc(Nc5cnn(C)c5)nc(N5CCCC5)c34)cc2n1C1CC1. The minimum absolute atomic E-state index is 0.553. The molecule has 0 spiro atoms. The van der Waals surface area contributed by atoms with Crippen molar-refractivity contribution in [1.82, 2.24) is 38.9 Å². The summed E-state index contributed by atoms with van der Waals surface area (Å²) < 4.78 is 6.04. The van der Waals surface area contributed by atoms with E-state index >= 15 is 0 Å². The van der Waals surface area contributed by atoms with Gasteiger partial charge >= 0.3 is 0 Å². The smallest absolute Gasteiger partial charge is 0.247 e. The minimum Gasteiger partial charge on any atom is -0.355 e. The van der Waals surface area contributed by atoms with Crippen molar-refractivity contribution in [3.05, 3.63) is 42.7 Å². The highest BCUT2D eigenvalue weighted by molar-refractivity contribution is 5.91. The van der Waals surface area contributed by atoms with Gasteiger partial charge in [-0.25, -0.2) is 14.5 Å². The molecule has 0 aromatic carbocycles. The van der Waals surface area contributed by atoms with E-state index in [2.05, 4.69) is 38.9 Å². The molecule has 10 heteroatoms. The number of imidazole rings is 1. The van der Waals surface area contributed by atoms with Gasteiger partial charge in [-0.05, 0) is 44.7 Å². The Balaban J connectivity index is 1.38. The predicted molar refractivity (Wildman–Crippen MR) is 130 cm³/mol. The van der Waals surface area contributed by atoms with Gasteiger partial charge in [0.25, 0.3) is 0 Å². The largest absolute Gasteiger partial charge is 0.355 e. The molecule has 0 bridgehead atoms. The van der Waals surface area contributed by atoms with Crippen LogP contribution in [0, 0.1) is 6.92 Å². The van der Waals surface area contributed by atoms with Gasteiger partial charge in [-0.2, -0.15) is 10.1 Å². The van der Waals surface area contributed by atoms with Crippen molar-refractivity contribution in [2.24, 2.45) is 7.05 Å². The van der Waals surface area contributed by atoms with Gasteiger partial charge in [0, 0.05) is 55.9 Å². The Hall–Kier alpha value is -3.95. The van der Waals surface area contributed by atoms with Crippen LogP contribution in [-0.4, -0.2) is 52.0 Å². The highest BCUT2D eigenvalue weighted by atomic mass is 15.4. The molecule has 5 aromatic heterocycles. The average molecular weight is 455 g/mol. The molecule has 172 valence electrons. The topological polar surface area (TPSA) is 94.0 Å². The van der Waals surface area contributed by atoms with Crippen LogP contribution in [0.5, 0.6) is 0 Å². The fraction of sp³-hybridized carbons (Fsp3) is 0.375. The van der Waals surface area contributed by atoms with Crippen molar-refractivity contribution in [3.63, 3.8) is 0 Å². The van der Waals surface area contributed by atoms with E-state index in [1.807, 2.05) is 30.2 Å². The molecule has 1 aliphatic heterocycles. The van der Waals surface area contributed by atoms with Gasteiger partial charge in [0.15, 0.2) is 11.5 Å². The first-order valence-electron chi connectivity index (χ1n) is 11.9. The van der Waals surface area contributed by atoms with Gasteiger partial charge in [0.05, 0.1) is 17.4 Å². The quantitative estimate of drug-likeness (QED) is 0.431. The second-order valence-electron chi connectivity index (χ2n) is 9.33. The first-order valence-corrected chi connectivity index (χ1v) is 11.9. The van der Waals surface area contributed by atoms with Gasteiger partial charge in [0.1, 0.15) is 11.3 Å². The van der Waals surface area contributed by atoms with E-state index in [0.29, 0.717) is 12.0 Å². The lowest BCUT2D eigenvalue weighted by molar-refractivity contribution is 0.734. The van der Waals surface area contributed by atoms with Gasteiger partial charge in [-0.15, -0.1) is 5.10 Å². The molecule has 2 fully saturated rings. The van der Waals surface area contributed by atoms with Gasteiger partial charge in [-0.3, -0.25) is 4.68 Å². The number of anilines is 3. The van der Waals surface area contributed by atoms with Gasteiger partial charge in [-0.1, -0.05) is 0 Å². The maximum Gasteiger partial charge on any atom is 0.247 e. The van der Waals surface area contributed by atoms with Crippen molar-refractivity contribution < 1.29 is 0 Å². The molecule has 1 N–H and O–H groups in total. The normalized spacial score (nSPS) is 16.2. The minimum atomic E-state index is 0.553. The lowest BCUT2D eigenvalue weighted by atomic mass is 10.1. The van der Waals surface area contributed by atoms with E-state index < -0.39 is 0 Å². The number of nitrogens with zero attached hydrogens (tertiary/aromatic N) is 9. The fourth-order valence-electron chi connectivity index (χ4n) is 5.09. The summed E-state index contributed by atoms with van der Waals surface area (Å²) in [5.74, 6) is 2.54. The zero-order valence-electron chi connectivity index (χ0n) is 19.3. The van der Waals surface area contributed by atoms with E-state index in [0.717, 1.165) is 58.2 Å². The Morgan fingerprint density at radius 3 is 2.71 bits per heavy atom. The molecule has 0 unspecified atom stereocenters. The molecular formula is C24H26N10. The van der Waals surface area contributed by atoms with Crippen molar-refractivity contribution in [3.8, 4) is 11.1 Å². The Bertz CT molecular complexity index is 1530. The highest BCUT2D eigenvalue weighted by Gasteiger charge is 2.28.